The van der Waals surface area contributed by atoms with Crippen molar-refractivity contribution in [3.8, 4) is 0 Å². The zero-order valence-electron chi connectivity index (χ0n) is 4.22. The summed E-state index contributed by atoms with van der Waals surface area (Å²) in [5, 5.41) is 17.6. The number of carboxylic acid groups (broad SMARTS) is 1. The molecule has 7 heavy (non-hydrogen) atoms. The van der Waals surface area contributed by atoms with E-state index in [1.54, 1.807) is 0 Å². The Morgan fingerprint density at radius 2 is 1.57 bits per heavy atom. The van der Waals surface area contributed by atoms with Crippen LogP contribution in [0.3, 0.4) is 0 Å². The van der Waals surface area contributed by atoms with Crippen molar-refractivity contribution in [3.63, 3.8) is 0 Å². The van der Waals surface area contributed by atoms with E-state index in [4.69, 9.17) is 15.1 Å². The van der Waals surface area contributed by atoms with Crippen LogP contribution in [0.5, 0.6) is 0 Å². The van der Waals surface area contributed by atoms with E-state index in [-0.39, 0.29) is 103 Å². The van der Waals surface area contributed by atoms with Crippen LogP contribution >= 0.6 is 0 Å². The van der Waals surface area contributed by atoms with Crippen molar-refractivity contribution in [2.45, 2.75) is 0 Å². The fourth-order valence-electron chi connectivity index (χ4n) is 0. The minimum Gasteiger partial charge on any atom is -0.760 e. The first-order valence-corrected chi connectivity index (χ1v) is 0.862. The quantitative estimate of drug-likeness (QED) is 0.277. The molecule has 1 amide bonds. The van der Waals surface area contributed by atoms with Crippen molar-refractivity contribution < 1.29 is 113 Å². The third-order valence-electron chi connectivity index (χ3n) is 0.0833. The van der Waals surface area contributed by atoms with Crippen LogP contribution in [0.15, 0.2) is 0 Å². The average Bonchev–Trinajstić information content (AvgIpc) is 1.38. The molecule has 0 aromatic carbocycles. The minimum absolute atomic E-state index is 0. The molecule has 4 nitrogen and oxygen atoms in total. The Bertz CT molecular complexity index is 48.2. The first kappa shape index (κ1) is 16.2. The van der Waals surface area contributed by atoms with Crippen LogP contribution in [0, 0.1) is 5.21 Å². The number of rotatable bonds is 0. The van der Waals surface area contributed by atoms with Gasteiger partial charge in [-0.2, -0.15) is 0 Å². The van der Waals surface area contributed by atoms with Gasteiger partial charge in [0.2, 0.25) is 0 Å². The molecule has 0 aliphatic rings. The van der Waals surface area contributed by atoms with Gasteiger partial charge in [-0.15, -0.1) is 0 Å². The van der Waals surface area contributed by atoms with Gasteiger partial charge in [-0.05, 0) is 0 Å². The van der Waals surface area contributed by atoms with Gasteiger partial charge in [-0.25, -0.2) is 0 Å². The van der Waals surface area contributed by atoms with Gasteiger partial charge in [0.25, 0.3) is 0 Å². The summed E-state index contributed by atoms with van der Waals surface area (Å²) >= 11 is 0. The molecule has 6 heteroatoms. The van der Waals surface area contributed by atoms with Crippen LogP contribution in [0.1, 0.15) is 0 Å². The Labute approximate surface area is 126 Å². The van der Waals surface area contributed by atoms with Crippen LogP contribution in [0.4, 0.5) is 4.79 Å². The summed E-state index contributed by atoms with van der Waals surface area (Å²) in [5.41, 5.74) is 0.583. The van der Waals surface area contributed by atoms with Crippen molar-refractivity contribution in [2.24, 2.45) is 0 Å². The standard InChI is InChI=1S/CH2NO3.2K/c3-1(4)2-5;;/h2H,(H,3,4);;/q-1;2*+1/p-1. The molecule has 0 aliphatic heterocycles. The Morgan fingerprint density at radius 1 is 1.43 bits per heavy atom. The van der Waals surface area contributed by atoms with E-state index in [2.05, 4.69) is 0 Å². The van der Waals surface area contributed by atoms with Crippen molar-refractivity contribution in [3.05, 3.63) is 5.21 Å². The van der Waals surface area contributed by atoms with Gasteiger partial charge in [-0.3, -0.25) is 0 Å². The zero-order valence-corrected chi connectivity index (χ0v) is 10.5. The Kier molecular flexibility index (Phi) is 26.3. The van der Waals surface area contributed by atoms with Crippen LogP contribution in [0.25, 0.3) is 0 Å². The molecule has 0 unspecified atom stereocenters. The van der Waals surface area contributed by atoms with Crippen LogP contribution in [0.2, 0.25) is 0 Å². The summed E-state index contributed by atoms with van der Waals surface area (Å²) < 4.78 is 0. The predicted molar refractivity (Wildman–Crippen MR) is 11.9 cm³/mol. The van der Waals surface area contributed by atoms with Gasteiger partial charge >= 0.3 is 103 Å². The monoisotopic (exact) mass is 153 g/mol. The van der Waals surface area contributed by atoms with E-state index < -0.39 is 6.09 Å². The summed E-state index contributed by atoms with van der Waals surface area (Å²) in [6.07, 6.45) is -1.80. The van der Waals surface area contributed by atoms with Gasteiger partial charge in [0.05, 0.1) is 0 Å². The number of amides is 1. The molecule has 0 rings (SSSR count). The second-order valence-electron chi connectivity index (χ2n) is 0.390. The van der Waals surface area contributed by atoms with Crippen LogP contribution < -0.4 is 113 Å². The molecule has 0 radical (unpaired) electrons. The fourth-order valence-corrected chi connectivity index (χ4v) is 0. The number of carbonyl (C=O) groups excluding carboxylic acids is 1. The number of hydrogen-bond donors (Lipinski definition) is 1. The molecule has 0 bridgehead atoms. The molecule has 0 fully saturated rings. The fraction of sp³-hybridized carbons (Fsp3) is 0. The molecule has 0 saturated carbocycles. The van der Waals surface area contributed by atoms with Crippen molar-refractivity contribution >= 4 is 6.09 Å². The molecular weight excluding hydrogens is 152 g/mol. The smallest absolute Gasteiger partial charge is 0.760 e. The van der Waals surface area contributed by atoms with E-state index in [0.29, 0.717) is 5.48 Å². The topological polar surface area (TPSA) is 75.2 Å². The third kappa shape index (κ3) is 17.7. The second kappa shape index (κ2) is 11.3. The first-order chi connectivity index (χ1) is 2.27. The number of carbonyl (C=O) groups is 1. The maximum Gasteiger partial charge on any atom is 1.00 e. The van der Waals surface area contributed by atoms with E-state index in [9.17, 15) is 0 Å². The minimum atomic E-state index is -1.80. The van der Waals surface area contributed by atoms with Crippen LogP contribution in [-0.2, 0) is 0 Å². The summed E-state index contributed by atoms with van der Waals surface area (Å²) in [7, 11) is 0. The average molecular weight is 153 g/mol. The van der Waals surface area contributed by atoms with Crippen molar-refractivity contribution in [1.29, 1.82) is 0 Å². The maximum absolute atomic E-state index is 8.83. The van der Waals surface area contributed by atoms with E-state index in [1.807, 2.05) is 0 Å². The molecule has 0 spiro atoms. The van der Waals surface area contributed by atoms with Gasteiger partial charge < -0.3 is 20.6 Å². The molecule has 0 atom stereocenters. The molecule has 0 aliphatic carbocycles. The maximum atomic E-state index is 8.83. The summed E-state index contributed by atoms with van der Waals surface area (Å²) in [6, 6.07) is 0. The molecule has 0 aromatic rings. The summed E-state index contributed by atoms with van der Waals surface area (Å²) in [4.78, 5) is 8.83. The largest absolute Gasteiger partial charge is 1.00 e. The molecule has 1 N–H and O–H groups in total. The second-order valence-corrected chi connectivity index (χ2v) is 0.390. The Balaban J connectivity index is -0.0000000800. The van der Waals surface area contributed by atoms with E-state index in [1.165, 1.54) is 0 Å². The van der Waals surface area contributed by atoms with E-state index in [0.717, 1.165) is 0 Å². The summed E-state index contributed by atoms with van der Waals surface area (Å²) in [6.45, 7) is 0. The van der Waals surface area contributed by atoms with Gasteiger partial charge in [-0.1, -0.05) is 0 Å². The molecular formula is CHK2NO3. The molecule has 0 heterocycles. The van der Waals surface area contributed by atoms with Gasteiger partial charge in [0.15, 0.2) is 0 Å². The molecule has 0 aromatic heterocycles. The Morgan fingerprint density at radius 3 is 1.57 bits per heavy atom. The number of nitrogens with one attached hydrogen (secondary N) is 1. The SMILES string of the molecule is O=C([O-])N[O-].[K+].[K+]. The van der Waals surface area contributed by atoms with Gasteiger partial charge in [0.1, 0.15) is 6.09 Å². The van der Waals surface area contributed by atoms with Crippen molar-refractivity contribution in [1.82, 2.24) is 5.48 Å². The summed E-state index contributed by atoms with van der Waals surface area (Å²) in [5.74, 6) is 0. The Hall–Kier alpha value is 2.50. The van der Waals surface area contributed by atoms with Gasteiger partial charge in [0, 0.05) is 0 Å². The first-order valence-electron chi connectivity index (χ1n) is 0.862. The third-order valence-corrected chi connectivity index (χ3v) is 0.0833. The number of hydroxylamine groups is 1. The van der Waals surface area contributed by atoms with Crippen LogP contribution in [-0.4, -0.2) is 6.09 Å². The molecule has 0 saturated heterocycles. The molecule has 30 valence electrons. The number of hydrogen-bond acceptors (Lipinski definition) is 3. The van der Waals surface area contributed by atoms with E-state index >= 15 is 0 Å². The zero-order chi connectivity index (χ0) is 4.28. The normalized spacial score (nSPS) is 4.71. The predicted octanol–water partition coefficient (Wildman–Crippen LogP) is -7.57. The van der Waals surface area contributed by atoms with Crippen molar-refractivity contribution in [2.75, 3.05) is 0 Å².